The van der Waals surface area contributed by atoms with E-state index >= 15 is 0 Å². The average Bonchev–Trinajstić information content (AvgIpc) is 3.76. The zero-order valence-electron chi connectivity index (χ0n) is 23.5. The zero-order chi connectivity index (χ0) is 28.8. The molecule has 0 aliphatic rings. The van der Waals surface area contributed by atoms with E-state index in [1.54, 1.807) is 0 Å². The van der Waals surface area contributed by atoms with Crippen LogP contribution in [0.15, 0.2) is 153 Å². The van der Waals surface area contributed by atoms with E-state index in [4.69, 9.17) is 13.3 Å². The molecule has 0 amide bonds. The Kier molecular flexibility index (Phi) is 4.69. The number of hydrogen-bond acceptors (Lipinski definition) is 4. The maximum atomic E-state index is 6.83. The van der Waals surface area contributed by atoms with Crippen molar-refractivity contribution in [3.8, 4) is 0 Å². The molecule has 0 saturated heterocycles. The number of anilines is 3. The molecule has 0 fully saturated rings. The average molecular weight is 566 g/mol. The third kappa shape index (κ3) is 3.28. The van der Waals surface area contributed by atoms with Gasteiger partial charge in [0.15, 0.2) is 5.58 Å². The molecule has 0 radical (unpaired) electrons. The molecule has 0 atom stereocenters. The fourth-order valence-electron chi connectivity index (χ4n) is 6.82. The van der Waals surface area contributed by atoms with Crippen molar-refractivity contribution in [3.05, 3.63) is 140 Å². The summed E-state index contributed by atoms with van der Waals surface area (Å²) in [5.41, 5.74) is 8.20. The highest BCUT2D eigenvalue weighted by atomic mass is 16.3. The fourth-order valence-corrected chi connectivity index (χ4v) is 6.82. The first-order valence-corrected chi connectivity index (χ1v) is 14.8. The van der Waals surface area contributed by atoms with Crippen molar-refractivity contribution >= 4 is 93.7 Å². The summed E-state index contributed by atoms with van der Waals surface area (Å²) in [6, 6.07) is 48.4. The van der Waals surface area contributed by atoms with Gasteiger partial charge in [-0.3, -0.25) is 0 Å². The van der Waals surface area contributed by atoms with Gasteiger partial charge in [-0.05, 0) is 66.0 Å². The highest BCUT2D eigenvalue weighted by Gasteiger charge is 2.22. The summed E-state index contributed by atoms with van der Waals surface area (Å²) >= 11 is 0. The van der Waals surface area contributed by atoms with Crippen LogP contribution in [0.2, 0.25) is 0 Å². The molecule has 3 heterocycles. The molecule has 0 aliphatic carbocycles. The van der Waals surface area contributed by atoms with E-state index in [2.05, 4.69) is 120 Å². The number of para-hydroxylation sites is 3. The Labute approximate surface area is 250 Å². The number of fused-ring (bicyclic) bond motifs is 11. The second-order valence-electron chi connectivity index (χ2n) is 11.3. The van der Waals surface area contributed by atoms with Gasteiger partial charge in [0.1, 0.15) is 27.9 Å². The lowest BCUT2D eigenvalue weighted by molar-refractivity contribution is 0.668. The van der Waals surface area contributed by atoms with E-state index in [9.17, 15) is 0 Å². The Balaban J connectivity index is 1.29. The second-order valence-corrected chi connectivity index (χ2v) is 11.3. The van der Waals surface area contributed by atoms with Gasteiger partial charge in [0.25, 0.3) is 0 Å². The van der Waals surface area contributed by atoms with E-state index in [1.165, 1.54) is 0 Å². The van der Waals surface area contributed by atoms with Gasteiger partial charge < -0.3 is 18.2 Å². The number of furan rings is 3. The third-order valence-electron chi connectivity index (χ3n) is 8.85. The molecule has 0 spiro atoms. The number of rotatable bonds is 3. The van der Waals surface area contributed by atoms with Crippen LogP contribution >= 0.6 is 0 Å². The van der Waals surface area contributed by atoms with Crippen molar-refractivity contribution < 1.29 is 13.3 Å². The highest BCUT2D eigenvalue weighted by molar-refractivity contribution is 6.18. The summed E-state index contributed by atoms with van der Waals surface area (Å²) in [7, 11) is 0. The van der Waals surface area contributed by atoms with Crippen LogP contribution < -0.4 is 4.90 Å². The third-order valence-corrected chi connectivity index (χ3v) is 8.85. The SMILES string of the molecule is c1ccc2c(c1)ccc1c3cccc(N(c4ccc5oc6ccccc6c5c4)c4ccc5oc6ccccc6c5c4)c3oc21. The van der Waals surface area contributed by atoms with Gasteiger partial charge in [-0.15, -0.1) is 0 Å². The number of hydrogen-bond donors (Lipinski definition) is 0. The molecular formula is C40H23NO3. The molecule has 0 unspecified atom stereocenters. The van der Waals surface area contributed by atoms with Crippen LogP contribution in [-0.2, 0) is 0 Å². The lowest BCUT2D eigenvalue weighted by Crippen LogP contribution is -2.10. The molecule has 0 bridgehead atoms. The molecule has 206 valence electrons. The van der Waals surface area contributed by atoms with Crippen molar-refractivity contribution in [1.29, 1.82) is 0 Å². The van der Waals surface area contributed by atoms with Crippen LogP contribution in [0.1, 0.15) is 0 Å². The van der Waals surface area contributed by atoms with Crippen LogP contribution in [0.25, 0.3) is 76.6 Å². The van der Waals surface area contributed by atoms with Crippen molar-refractivity contribution in [2.45, 2.75) is 0 Å². The van der Waals surface area contributed by atoms with Crippen molar-refractivity contribution in [1.82, 2.24) is 0 Å². The van der Waals surface area contributed by atoms with E-state index in [1.807, 2.05) is 24.3 Å². The molecule has 4 nitrogen and oxygen atoms in total. The van der Waals surface area contributed by atoms with Gasteiger partial charge in [-0.1, -0.05) is 78.9 Å². The van der Waals surface area contributed by atoms with Gasteiger partial charge in [0.2, 0.25) is 0 Å². The first-order chi connectivity index (χ1) is 21.8. The lowest BCUT2D eigenvalue weighted by atomic mass is 10.0. The summed E-state index contributed by atoms with van der Waals surface area (Å²) in [4.78, 5) is 2.29. The predicted octanol–water partition coefficient (Wildman–Crippen LogP) is 12.0. The van der Waals surface area contributed by atoms with Gasteiger partial charge in [0, 0.05) is 49.1 Å². The molecule has 10 aromatic rings. The molecular weight excluding hydrogens is 542 g/mol. The summed E-state index contributed by atoms with van der Waals surface area (Å²) < 4.78 is 19.2. The minimum atomic E-state index is 0.841. The molecule has 44 heavy (non-hydrogen) atoms. The summed E-state index contributed by atoms with van der Waals surface area (Å²) in [5.74, 6) is 0. The van der Waals surface area contributed by atoms with Gasteiger partial charge in [0.05, 0.1) is 5.69 Å². The largest absolute Gasteiger partial charge is 0.456 e. The molecule has 10 rings (SSSR count). The molecule has 0 aliphatic heterocycles. The van der Waals surface area contributed by atoms with Gasteiger partial charge >= 0.3 is 0 Å². The summed E-state index contributed by atoms with van der Waals surface area (Å²) in [6.07, 6.45) is 0. The van der Waals surface area contributed by atoms with Crippen LogP contribution in [0.4, 0.5) is 17.1 Å². The van der Waals surface area contributed by atoms with Crippen LogP contribution in [0.5, 0.6) is 0 Å². The van der Waals surface area contributed by atoms with Crippen molar-refractivity contribution in [2.24, 2.45) is 0 Å². The molecule has 0 saturated carbocycles. The Morgan fingerprint density at radius 2 is 0.886 bits per heavy atom. The standard InChI is InChI=1S/C40H23NO3/c1-2-9-27-24(8-1)16-19-31-30-12-7-13-34(40(30)44-39(27)31)41(25-17-20-37-32(22-25)28-10-3-5-14-35(28)42-37)26-18-21-38-33(23-26)29-11-4-6-15-36(29)43-38/h1-23H. The van der Waals surface area contributed by atoms with Crippen LogP contribution in [0, 0.1) is 0 Å². The lowest BCUT2D eigenvalue weighted by Gasteiger charge is -2.25. The van der Waals surface area contributed by atoms with E-state index < -0.39 is 0 Å². The topological polar surface area (TPSA) is 42.7 Å². The first kappa shape index (κ1) is 23.6. The normalized spacial score (nSPS) is 12.1. The van der Waals surface area contributed by atoms with Crippen molar-refractivity contribution in [2.75, 3.05) is 4.90 Å². The Hall–Kier alpha value is -6.00. The van der Waals surface area contributed by atoms with E-state index in [-0.39, 0.29) is 0 Å². The number of nitrogens with zero attached hydrogens (tertiary/aromatic N) is 1. The minimum Gasteiger partial charge on any atom is -0.456 e. The first-order valence-electron chi connectivity index (χ1n) is 14.8. The van der Waals surface area contributed by atoms with E-state index in [0.29, 0.717) is 0 Å². The molecule has 7 aromatic carbocycles. The van der Waals surface area contributed by atoms with Crippen LogP contribution in [0.3, 0.4) is 0 Å². The van der Waals surface area contributed by atoms with Crippen molar-refractivity contribution in [3.63, 3.8) is 0 Å². The number of benzene rings is 7. The summed E-state index contributed by atoms with van der Waals surface area (Å²) in [5, 5.41) is 8.78. The predicted molar refractivity (Wildman–Crippen MR) is 180 cm³/mol. The minimum absolute atomic E-state index is 0.841. The smallest absolute Gasteiger partial charge is 0.159 e. The Morgan fingerprint density at radius 1 is 0.341 bits per heavy atom. The van der Waals surface area contributed by atoms with E-state index in [0.717, 1.165) is 93.7 Å². The molecule has 4 heteroatoms. The van der Waals surface area contributed by atoms with Gasteiger partial charge in [-0.25, -0.2) is 0 Å². The van der Waals surface area contributed by atoms with Gasteiger partial charge in [-0.2, -0.15) is 0 Å². The Morgan fingerprint density at radius 3 is 1.57 bits per heavy atom. The molecule has 3 aromatic heterocycles. The maximum Gasteiger partial charge on any atom is 0.159 e. The zero-order valence-corrected chi connectivity index (χ0v) is 23.5. The summed E-state index contributed by atoms with van der Waals surface area (Å²) in [6.45, 7) is 0. The second kappa shape index (κ2) is 8.76. The fraction of sp³-hybridized carbons (Fsp3) is 0. The maximum absolute atomic E-state index is 6.83. The monoisotopic (exact) mass is 565 g/mol. The molecule has 0 N–H and O–H groups in total. The Bertz CT molecular complexity index is 2630. The highest BCUT2D eigenvalue weighted by Crippen LogP contribution is 2.45. The quantitative estimate of drug-likeness (QED) is 0.214. The van der Waals surface area contributed by atoms with Crippen LogP contribution in [-0.4, -0.2) is 0 Å².